The zero-order valence-electron chi connectivity index (χ0n) is 15.9. The van der Waals surface area contributed by atoms with Gasteiger partial charge in [0, 0.05) is 17.4 Å². The number of Topliss-reactive ketones (excluding diaryl/α,β-unsaturated/α-hetero) is 1. The summed E-state index contributed by atoms with van der Waals surface area (Å²) in [5.41, 5.74) is -2.60. The number of hydrogen-bond donors (Lipinski definition) is 1. The Hall–Kier alpha value is -1.42. The normalized spacial score (nSPS) is 42.7. The van der Waals surface area contributed by atoms with Crippen molar-refractivity contribution >= 4 is 11.8 Å². The number of esters is 1. The van der Waals surface area contributed by atoms with E-state index in [1.807, 2.05) is 19.1 Å². The van der Waals surface area contributed by atoms with Gasteiger partial charge in [-0.15, -0.1) is 6.58 Å². The minimum atomic E-state index is -1.44. The standard InChI is InChI=1S/C21H30O4/c1-6-19(4)10-11-21(24)14(13-19)15(22)12-16-18(2,3)8-7-9-20(16,21)17(23)25-5/h6,13,16,24H,1,7-12H2,2-5H3/t16-,19+,20-,21+/m0/s1. The maximum absolute atomic E-state index is 13.1. The fraction of sp³-hybridized carbons (Fsp3) is 0.714. The molecule has 4 heteroatoms. The average molecular weight is 346 g/mol. The maximum Gasteiger partial charge on any atom is 0.315 e. The first kappa shape index (κ1) is 18.4. The van der Waals surface area contributed by atoms with Gasteiger partial charge in [0.15, 0.2) is 5.78 Å². The zero-order valence-corrected chi connectivity index (χ0v) is 15.9. The Balaban J connectivity index is 2.25. The van der Waals surface area contributed by atoms with Crippen LogP contribution in [0.1, 0.15) is 59.3 Å². The molecule has 2 fully saturated rings. The number of aliphatic hydroxyl groups is 1. The second-order valence-electron chi connectivity index (χ2n) is 9.11. The third-order valence-corrected chi connectivity index (χ3v) is 7.32. The van der Waals surface area contributed by atoms with Crippen molar-refractivity contribution in [3.63, 3.8) is 0 Å². The van der Waals surface area contributed by atoms with E-state index in [2.05, 4.69) is 20.4 Å². The molecule has 0 heterocycles. The van der Waals surface area contributed by atoms with Gasteiger partial charge in [-0.3, -0.25) is 9.59 Å². The summed E-state index contributed by atoms with van der Waals surface area (Å²) in [6.45, 7) is 10.1. The Morgan fingerprint density at radius 1 is 1.28 bits per heavy atom. The fourth-order valence-corrected chi connectivity index (χ4v) is 5.72. The van der Waals surface area contributed by atoms with Gasteiger partial charge in [-0.1, -0.05) is 39.3 Å². The van der Waals surface area contributed by atoms with Gasteiger partial charge in [-0.2, -0.15) is 0 Å². The van der Waals surface area contributed by atoms with E-state index in [1.54, 1.807) is 0 Å². The molecule has 0 aromatic heterocycles. The zero-order chi connectivity index (χ0) is 18.7. The highest BCUT2D eigenvalue weighted by Crippen LogP contribution is 2.65. The van der Waals surface area contributed by atoms with Crippen molar-refractivity contribution in [2.24, 2.45) is 22.2 Å². The number of ether oxygens (including phenoxy) is 1. The lowest BCUT2D eigenvalue weighted by Crippen LogP contribution is -2.68. The number of carbonyl (C=O) groups is 2. The van der Waals surface area contributed by atoms with E-state index in [9.17, 15) is 14.7 Å². The largest absolute Gasteiger partial charge is 0.468 e. The van der Waals surface area contributed by atoms with Gasteiger partial charge in [0.05, 0.1) is 7.11 Å². The molecule has 0 saturated heterocycles. The summed E-state index contributed by atoms with van der Waals surface area (Å²) in [6.07, 6.45) is 7.39. The minimum absolute atomic E-state index is 0.0326. The maximum atomic E-state index is 13.1. The van der Waals surface area contributed by atoms with E-state index in [0.29, 0.717) is 31.3 Å². The molecule has 0 aromatic rings. The molecule has 4 nitrogen and oxygen atoms in total. The Kier molecular flexibility index (Phi) is 4.07. The lowest BCUT2D eigenvalue weighted by Gasteiger charge is -2.61. The Morgan fingerprint density at radius 3 is 2.56 bits per heavy atom. The number of fused-ring (bicyclic) bond motifs is 3. The van der Waals surface area contributed by atoms with Crippen LogP contribution < -0.4 is 0 Å². The molecule has 2 saturated carbocycles. The van der Waals surface area contributed by atoms with Crippen LogP contribution in [0.25, 0.3) is 0 Å². The van der Waals surface area contributed by atoms with E-state index in [0.717, 1.165) is 12.8 Å². The molecule has 0 aromatic carbocycles. The Labute approximate surface area is 150 Å². The quantitative estimate of drug-likeness (QED) is 0.613. The summed E-state index contributed by atoms with van der Waals surface area (Å²) >= 11 is 0. The lowest BCUT2D eigenvalue weighted by molar-refractivity contribution is -0.205. The van der Waals surface area contributed by atoms with Crippen molar-refractivity contribution in [3.05, 3.63) is 24.3 Å². The highest BCUT2D eigenvalue weighted by atomic mass is 16.5. The third-order valence-electron chi connectivity index (χ3n) is 7.32. The number of rotatable bonds is 2. The summed E-state index contributed by atoms with van der Waals surface area (Å²) in [5, 5.41) is 11.8. The van der Waals surface area contributed by atoms with Gasteiger partial charge < -0.3 is 9.84 Å². The van der Waals surface area contributed by atoms with Crippen molar-refractivity contribution in [2.75, 3.05) is 7.11 Å². The molecule has 0 bridgehead atoms. The van der Waals surface area contributed by atoms with Crippen molar-refractivity contribution < 1.29 is 19.4 Å². The molecular formula is C21H30O4. The highest BCUT2D eigenvalue weighted by molar-refractivity contribution is 6.02. The summed E-state index contributed by atoms with van der Waals surface area (Å²) in [4.78, 5) is 26.1. The predicted octanol–water partition coefficient (Wildman–Crippen LogP) is 3.59. The van der Waals surface area contributed by atoms with Crippen LogP contribution in [0.5, 0.6) is 0 Å². The second kappa shape index (κ2) is 5.54. The van der Waals surface area contributed by atoms with Crippen LogP contribution in [-0.2, 0) is 14.3 Å². The van der Waals surface area contributed by atoms with Crippen LogP contribution in [0.3, 0.4) is 0 Å². The molecule has 1 N–H and O–H groups in total. The second-order valence-corrected chi connectivity index (χ2v) is 9.11. The van der Waals surface area contributed by atoms with Crippen molar-refractivity contribution in [1.29, 1.82) is 0 Å². The first-order valence-corrected chi connectivity index (χ1v) is 9.27. The molecule has 0 amide bonds. The van der Waals surface area contributed by atoms with E-state index >= 15 is 0 Å². The molecule has 3 aliphatic rings. The number of methoxy groups -OCH3 is 1. The van der Waals surface area contributed by atoms with Crippen molar-refractivity contribution in [3.8, 4) is 0 Å². The van der Waals surface area contributed by atoms with E-state index in [4.69, 9.17) is 4.74 Å². The van der Waals surface area contributed by atoms with Crippen LogP contribution in [-0.4, -0.2) is 29.6 Å². The van der Waals surface area contributed by atoms with E-state index in [1.165, 1.54) is 7.11 Å². The third kappa shape index (κ3) is 2.29. The molecule has 0 spiro atoms. The Morgan fingerprint density at radius 2 is 1.96 bits per heavy atom. The summed E-state index contributed by atoms with van der Waals surface area (Å²) in [5.74, 6) is -0.605. The molecule has 0 aliphatic heterocycles. The van der Waals surface area contributed by atoms with Crippen LogP contribution in [0.4, 0.5) is 0 Å². The SMILES string of the molecule is C=C[C@@]1(C)C=C2C(=O)C[C@H]3C(C)(C)CCC[C@]3(C(=O)OC)[C@@]2(O)CC1. The molecule has 0 unspecified atom stereocenters. The smallest absolute Gasteiger partial charge is 0.315 e. The van der Waals surface area contributed by atoms with Crippen LogP contribution >= 0.6 is 0 Å². The highest BCUT2D eigenvalue weighted by Gasteiger charge is 2.70. The van der Waals surface area contributed by atoms with Crippen molar-refractivity contribution in [1.82, 2.24) is 0 Å². The summed E-state index contributed by atoms with van der Waals surface area (Å²) < 4.78 is 5.21. The average Bonchev–Trinajstić information content (AvgIpc) is 2.57. The molecular weight excluding hydrogens is 316 g/mol. The van der Waals surface area contributed by atoms with Gasteiger partial charge in [0.1, 0.15) is 11.0 Å². The van der Waals surface area contributed by atoms with Gasteiger partial charge in [0.25, 0.3) is 0 Å². The summed E-state index contributed by atoms with van der Waals surface area (Å²) in [7, 11) is 1.38. The molecule has 3 aliphatic carbocycles. The molecule has 25 heavy (non-hydrogen) atoms. The van der Waals surface area contributed by atoms with Crippen molar-refractivity contribution in [2.45, 2.75) is 64.9 Å². The first-order chi connectivity index (χ1) is 11.6. The van der Waals surface area contributed by atoms with Gasteiger partial charge >= 0.3 is 5.97 Å². The number of carbonyl (C=O) groups excluding carboxylic acids is 2. The van der Waals surface area contributed by atoms with E-state index < -0.39 is 11.0 Å². The number of ketones is 1. The van der Waals surface area contributed by atoms with E-state index in [-0.39, 0.29) is 28.5 Å². The monoisotopic (exact) mass is 346 g/mol. The van der Waals surface area contributed by atoms with Gasteiger partial charge in [0.2, 0.25) is 0 Å². The van der Waals surface area contributed by atoms with Crippen LogP contribution in [0.2, 0.25) is 0 Å². The van der Waals surface area contributed by atoms with Crippen LogP contribution in [0, 0.1) is 22.2 Å². The topological polar surface area (TPSA) is 63.6 Å². The lowest BCUT2D eigenvalue weighted by atomic mass is 9.42. The molecule has 3 rings (SSSR count). The minimum Gasteiger partial charge on any atom is -0.468 e. The molecule has 4 atom stereocenters. The predicted molar refractivity (Wildman–Crippen MR) is 95.8 cm³/mol. The molecule has 138 valence electrons. The summed E-state index contributed by atoms with van der Waals surface area (Å²) in [6, 6.07) is 0. The first-order valence-electron chi connectivity index (χ1n) is 9.27. The molecule has 0 radical (unpaired) electrons. The van der Waals surface area contributed by atoms with Gasteiger partial charge in [-0.05, 0) is 37.0 Å². The fourth-order valence-electron chi connectivity index (χ4n) is 5.72. The number of hydrogen-bond acceptors (Lipinski definition) is 4. The van der Waals surface area contributed by atoms with Gasteiger partial charge in [-0.25, -0.2) is 0 Å². The van der Waals surface area contributed by atoms with Crippen LogP contribution in [0.15, 0.2) is 24.3 Å². The number of allylic oxidation sites excluding steroid dienone is 2. The Bertz CT molecular complexity index is 661.